The van der Waals surface area contributed by atoms with Crippen molar-refractivity contribution in [3.63, 3.8) is 0 Å². The van der Waals surface area contributed by atoms with Gasteiger partial charge in [0.15, 0.2) is 0 Å². The summed E-state index contributed by atoms with van der Waals surface area (Å²) in [6, 6.07) is 20.0. The molecule has 0 aliphatic heterocycles. The van der Waals surface area contributed by atoms with E-state index in [1.807, 2.05) is 80.0 Å². The molecule has 0 spiro atoms. The number of aliphatic imine (C=N–C) groups is 1. The van der Waals surface area contributed by atoms with Crippen molar-refractivity contribution < 1.29 is 0 Å². The van der Waals surface area contributed by atoms with E-state index in [0.29, 0.717) is 0 Å². The maximum atomic E-state index is 4.39. The standard InChI is InChI=1S/C16H16N2/c1-14(12-17-15-8-4-2-5-9-15)13-18-16-10-6-3-7-11-16/h2-13,17H,1H3. The largest absolute Gasteiger partial charge is 0.361 e. The minimum atomic E-state index is 0.963. The molecule has 0 aliphatic rings. The van der Waals surface area contributed by atoms with Gasteiger partial charge in [-0.3, -0.25) is 4.99 Å². The lowest BCUT2D eigenvalue weighted by molar-refractivity contribution is 1.48. The zero-order chi connectivity index (χ0) is 12.6. The predicted octanol–water partition coefficient (Wildman–Crippen LogP) is 4.40. The SMILES string of the molecule is CC(C=Nc1ccccc1)=CNc1ccccc1. The number of nitrogens with one attached hydrogen (secondary N) is 1. The van der Waals surface area contributed by atoms with Crippen LogP contribution in [0.3, 0.4) is 0 Å². The molecule has 0 aliphatic carbocycles. The third kappa shape index (κ3) is 3.91. The molecule has 2 aromatic carbocycles. The summed E-state index contributed by atoms with van der Waals surface area (Å²) in [5, 5.41) is 3.23. The Morgan fingerprint density at radius 1 is 0.944 bits per heavy atom. The number of para-hydroxylation sites is 2. The van der Waals surface area contributed by atoms with Crippen molar-refractivity contribution in [3.8, 4) is 0 Å². The van der Waals surface area contributed by atoms with E-state index in [2.05, 4.69) is 10.3 Å². The van der Waals surface area contributed by atoms with Crippen molar-refractivity contribution in [1.29, 1.82) is 0 Å². The molecule has 0 bridgehead atoms. The summed E-state index contributed by atoms with van der Waals surface area (Å²) in [7, 11) is 0. The molecule has 90 valence electrons. The average molecular weight is 236 g/mol. The van der Waals surface area contributed by atoms with Crippen molar-refractivity contribution in [3.05, 3.63) is 72.4 Å². The second-order valence-electron chi connectivity index (χ2n) is 3.99. The third-order valence-corrected chi connectivity index (χ3v) is 2.41. The molecular formula is C16H16N2. The first-order valence-corrected chi connectivity index (χ1v) is 5.92. The first kappa shape index (κ1) is 12.1. The highest BCUT2D eigenvalue weighted by Crippen LogP contribution is 2.10. The number of nitrogens with zero attached hydrogens (tertiary/aromatic N) is 1. The molecule has 2 aromatic rings. The van der Waals surface area contributed by atoms with E-state index in [1.165, 1.54) is 0 Å². The van der Waals surface area contributed by atoms with Crippen LogP contribution in [0, 0.1) is 0 Å². The number of rotatable bonds is 4. The quantitative estimate of drug-likeness (QED) is 0.781. The molecule has 0 aromatic heterocycles. The Labute approximate surface area is 108 Å². The summed E-state index contributed by atoms with van der Waals surface area (Å²) >= 11 is 0. The predicted molar refractivity (Wildman–Crippen MR) is 78.4 cm³/mol. The molecular weight excluding hydrogens is 220 g/mol. The van der Waals surface area contributed by atoms with Gasteiger partial charge in [0, 0.05) is 18.1 Å². The summed E-state index contributed by atoms with van der Waals surface area (Å²) < 4.78 is 0. The lowest BCUT2D eigenvalue weighted by Crippen LogP contribution is -1.89. The minimum absolute atomic E-state index is 0.963. The Morgan fingerprint density at radius 3 is 2.22 bits per heavy atom. The molecule has 2 heteroatoms. The molecule has 0 radical (unpaired) electrons. The zero-order valence-corrected chi connectivity index (χ0v) is 10.4. The van der Waals surface area contributed by atoms with Crippen LogP contribution in [0.1, 0.15) is 6.92 Å². The van der Waals surface area contributed by atoms with Crippen molar-refractivity contribution in [2.45, 2.75) is 6.92 Å². The Bertz CT molecular complexity index is 528. The number of allylic oxidation sites excluding steroid dienone is 1. The Hall–Kier alpha value is -2.35. The lowest BCUT2D eigenvalue weighted by Gasteiger charge is -2.00. The fourth-order valence-corrected chi connectivity index (χ4v) is 1.46. The van der Waals surface area contributed by atoms with Crippen molar-refractivity contribution >= 4 is 17.6 Å². The molecule has 0 fully saturated rings. The summed E-state index contributed by atoms with van der Waals surface area (Å²) in [5.41, 5.74) is 3.11. The highest BCUT2D eigenvalue weighted by molar-refractivity contribution is 5.80. The Kier molecular flexibility index (Phi) is 4.31. The number of hydrogen-bond donors (Lipinski definition) is 1. The molecule has 2 nitrogen and oxygen atoms in total. The van der Waals surface area contributed by atoms with E-state index in [4.69, 9.17) is 0 Å². The summed E-state index contributed by atoms with van der Waals surface area (Å²) in [4.78, 5) is 4.39. The monoisotopic (exact) mass is 236 g/mol. The molecule has 0 amide bonds. The van der Waals surface area contributed by atoms with Gasteiger partial charge in [0.05, 0.1) is 5.69 Å². The summed E-state index contributed by atoms with van der Waals surface area (Å²) in [6.45, 7) is 2.02. The maximum absolute atomic E-state index is 4.39. The second kappa shape index (κ2) is 6.40. The molecule has 0 unspecified atom stereocenters. The van der Waals surface area contributed by atoms with Crippen LogP contribution < -0.4 is 5.32 Å². The van der Waals surface area contributed by atoms with Crippen LogP contribution in [0.15, 0.2) is 77.4 Å². The summed E-state index contributed by atoms with van der Waals surface area (Å²) in [6.07, 6.45) is 3.80. The van der Waals surface area contributed by atoms with Crippen molar-refractivity contribution in [1.82, 2.24) is 0 Å². The van der Waals surface area contributed by atoms with Crippen molar-refractivity contribution in [2.75, 3.05) is 5.32 Å². The van der Waals surface area contributed by atoms with Gasteiger partial charge in [-0.05, 0) is 36.8 Å². The molecule has 1 N–H and O–H groups in total. The van der Waals surface area contributed by atoms with Crippen LogP contribution in [-0.4, -0.2) is 6.21 Å². The first-order chi connectivity index (χ1) is 8.84. The van der Waals surface area contributed by atoms with Crippen LogP contribution in [0.4, 0.5) is 11.4 Å². The second-order valence-corrected chi connectivity index (χ2v) is 3.99. The lowest BCUT2D eigenvalue weighted by atomic mass is 10.3. The summed E-state index contributed by atoms with van der Waals surface area (Å²) in [5.74, 6) is 0. The molecule has 0 atom stereocenters. The van der Waals surface area contributed by atoms with E-state index >= 15 is 0 Å². The average Bonchev–Trinajstić information content (AvgIpc) is 2.45. The van der Waals surface area contributed by atoms with Gasteiger partial charge in [0.2, 0.25) is 0 Å². The molecule has 0 saturated carbocycles. The minimum Gasteiger partial charge on any atom is -0.361 e. The third-order valence-electron chi connectivity index (χ3n) is 2.41. The highest BCUT2D eigenvalue weighted by atomic mass is 14.8. The molecule has 0 saturated heterocycles. The van der Waals surface area contributed by atoms with Gasteiger partial charge >= 0.3 is 0 Å². The van der Waals surface area contributed by atoms with E-state index in [9.17, 15) is 0 Å². The maximum Gasteiger partial charge on any atom is 0.0629 e. The topological polar surface area (TPSA) is 24.4 Å². The van der Waals surface area contributed by atoms with Crippen LogP contribution in [0.2, 0.25) is 0 Å². The number of hydrogen-bond acceptors (Lipinski definition) is 2. The van der Waals surface area contributed by atoms with Gasteiger partial charge in [0.1, 0.15) is 0 Å². The van der Waals surface area contributed by atoms with Gasteiger partial charge in [-0.15, -0.1) is 0 Å². The van der Waals surface area contributed by atoms with E-state index in [0.717, 1.165) is 16.9 Å². The van der Waals surface area contributed by atoms with Crippen LogP contribution in [0.25, 0.3) is 0 Å². The van der Waals surface area contributed by atoms with Gasteiger partial charge in [-0.2, -0.15) is 0 Å². The van der Waals surface area contributed by atoms with Gasteiger partial charge < -0.3 is 5.32 Å². The number of anilines is 1. The normalized spacial score (nSPS) is 11.7. The molecule has 2 rings (SSSR count). The van der Waals surface area contributed by atoms with Crippen molar-refractivity contribution in [2.24, 2.45) is 4.99 Å². The smallest absolute Gasteiger partial charge is 0.0629 e. The van der Waals surface area contributed by atoms with Crippen LogP contribution in [-0.2, 0) is 0 Å². The van der Waals surface area contributed by atoms with E-state index in [-0.39, 0.29) is 0 Å². The molecule has 18 heavy (non-hydrogen) atoms. The zero-order valence-electron chi connectivity index (χ0n) is 10.4. The van der Waals surface area contributed by atoms with E-state index in [1.54, 1.807) is 0 Å². The fourth-order valence-electron chi connectivity index (χ4n) is 1.46. The Morgan fingerprint density at radius 2 is 1.56 bits per heavy atom. The van der Waals surface area contributed by atoms with Gasteiger partial charge in [-0.25, -0.2) is 0 Å². The number of benzene rings is 2. The van der Waals surface area contributed by atoms with E-state index < -0.39 is 0 Å². The first-order valence-electron chi connectivity index (χ1n) is 5.92. The van der Waals surface area contributed by atoms with Crippen LogP contribution in [0.5, 0.6) is 0 Å². The van der Waals surface area contributed by atoms with Crippen LogP contribution >= 0.6 is 0 Å². The van der Waals surface area contributed by atoms with Gasteiger partial charge in [-0.1, -0.05) is 36.4 Å². The fraction of sp³-hybridized carbons (Fsp3) is 0.0625. The molecule has 0 heterocycles. The highest BCUT2D eigenvalue weighted by Gasteiger charge is 1.87. The Balaban J connectivity index is 1.96. The van der Waals surface area contributed by atoms with Gasteiger partial charge in [0.25, 0.3) is 0 Å².